The summed E-state index contributed by atoms with van der Waals surface area (Å²) in [4.78, 5) is 13.3. The number of carbonyl (C=O) groups excluding carboxylic acids is 1. The molecule has 0 radical (unpaired) electrons. The summed E-state index contributed by atoms with van der Waals surface area (Å²) >= 11 is 0. The summed E-state index contributed by atoms with van der Waals surface area (Å²) in [7, 11) is -4.56. The Bertz CT molecular complexity index is 941. The van der Waals surface area contributed by atoms with Crippen molar-refractivity contribution in [3.8, 4) is 0 Å². The zero-order valence-corrected chi connectivity index (χ0v) is 21.5. The maximum absolute atomic E-state index is 13.3. The van der Waals surface area contributed by atoms with Gasteiger partial charge in [-0.2, -0.15) is 0 Å². The highest BCUT2D eigenvalue weighted by Gasteiger charge is 2.79. The van der Waals surface area contributed by atoms with Crippen LogP contribution in [0, 0.1) is 0 Å². The van der Waals surface area contributed by atoms with Crippen LogP contribution in [0.15, 0.2) is 17.7 Å². The molecule has 29 heavy (non-hydrogen) atoms. The second kappa shape index (κ2) is 5.95. The fraction of sp³-hybridized carbons (Fsp3) is 0.625. The van der Waals surface area contributed by atoms with E-state index in [1.165, 1.54) is 27.8 Å². The molecule has 2 fully saturated rings. The number of primary amides is 1. The summed E-state index contributed by atoms with van der Waals surface area (Å²) in [5.41, 5.74) is 13.3. The van der Waals surface area contributed by atoms with E-state index < -0.39 is 21.7 Å². The summed E-state index contributed by atoms with van der Waals surface area (Å²) < 4.78 is 7.00. The Morgan fingerprint density at radius 3 is 2.34 bits per heavy atom. The number of allylic oxidation sites excluding steroid dienone is 1. The Hall–Kier alpha value is -1.18. The van der Waals surface area contributed by atoms with Crippen molar-refractivity contribution in [3.05, 3.63) is 40.0 Å². The third kappa shape index (κ3) is 2.47. The van der Waals surface area contributed by atoms with Crippen LogP contribution in [-0.2, 0) is 25.8 Å². The number of hydrogen-bond acceptors (Lipinski definition) is 2. The van der Waals surface area contributed by atoms with Gasteiger partial charge in [0.05, 0.1) is 5.04 Å². The molecule has 3 aliphatic rings. The number of carbonyl (C=O) groups is 1. The van der Waals surface area contributed by atoms with E-state index in [2.05, 4.69) is 72.1 Å². The van der Waals surface area contributed by atoms with Crippen LogP contribution in [-0.4, -0.2) is 22.5 Å². The molecule has 4 rings (SSSR count). The molecular weight excluding hydrogens is 390 g/mol. The number of fused-ring (bicyclic) bond motifs is 2. The van der Waals surface area contributed by atoms with Gasteiger partial charge in [0.1, 0.15) is 0 Å². The molecule has 0 aromatic heterocycles. The van der Waals surface area contributed by atoms with Crippen molar-refractivity contribution in [2.75, 3.05) is 0 Å². The van der Waals surface area contributed by atoms with Crippen LogP contribution >= 0.6 is 0 Å². The second-order valence-corrected chi connectivity index (χ2v) is 20.2. The van der Waals surface area contributed by atoms with Crippen LogP contribution in [0.25, 0.3) is 6.08 Å². The van der Waals surface area contributed by atoms with Gasteiger partial charge in [-0.05, 0) is 80.0 Å². The highest BCUT2D eigenvalue weighted by Crippen LogP contribution is 2.73. The molecule has 1 amide bonds. The maximum Gasteiger partial charge on any atom is 0.223 e. The smallest absolute Gasteiger partial charge is 0.223 e. The quantitative estimate of drug-likeness (QED) is 0.627. The number of benzene rings is 1. The first-order chi connectivity index (χ1) is 13.2. The molecule has 158 valence electrons. The predicted molar refractivity (Wildman–Crippen MR) is 126 cm³/mol. The lowest BCUT2D eigenvalue weighted by molar-refractivity contribution is -0.121. The lowest BCUT2D eigenvalue weighted by Gasteiger charge is -2.47. The third-order valence-electron chi connectivity index (χ3n) is 8.29. The van der Waals surface area contributed by atoms with Crippen LogP contribution in [0.3, 0.4) is 0 Å². The van der Waals surface area contributed by atoms with Crippen molar-refractivity contribution >= 4 is 28.6 Å². The molecule has 1 heterocycles. The highest BCUT2D eigenvalue weighted by molar-refractivity contribution is 6.96. The zero-order chi connectivity index (χ0) is 21.6. The Kier molecular flexibility index (Phi) is 4.32. The first-order valence-electron chi connectivity index (χ1n) is 11.0. The first-order valence-corrected chi connectivity index (χ1v) is 16.9. The summed E-state index contributed by atoms with van der Waals surface area (Å²) in [5.74, 6) is -0.109. The second-order valence-electron chi connectivity index (χ2n) is 11.7. The largest absolute Gasteiger partial charge is 0.454 e. The zero-order valence-electron chi connectivity index (χ0n) is 19.5. The predicted octanol–water partition coefficient (Wildman–Crippen LogP) is 5.57. The molecule has 3 nitrogen and oxygen atoms in total. The topological polar surface area (TPSA) is 52.3 Å². The Balaban J connectivity index is 2.11. The molecule has 2 N–H and O–H groups in total. The molecule has 1 aliphatic heterocycles. The maximum atomic E-state index is 13.3. The molecule has 0 spiro atoms. The normalized spacial score (nSPS) is 32.1. The molecule has 1 aromatic rings. The Morgan fingerprint density at radius 2 is 1.76 bits per heavy atom. The van der Waals surface area contributed by atoms with Gasteiger partial charge in [-0.25, -0.2) is 0 Å². The minimum absolute atomic E-state index is 0.0524. The van der Waals surface area contributed by atoms with E-state index >= 15 is 0 Å². The van der Waals surface area contributed by atoms with E-state index in [0.717, 1.165) is 25.7 Å². The molecule has 1 saturated carbocycles. The van der Waals surface area contributed by atoms with Gasteiger partial charge >= 0.3 is 0 Å². The molecule has 1 saturated heterocycles. The minimum atomic E-state index is -2.32. The van der Waals surface area contributed by atoms with E-state index in [9.17, 15) is 4.79 Å². The number of nitrogens with two attached hydrogens (primary N) is 1. The number of amides is 1. The molecule has 1 aromatic carbocycles. The van der Waals surface area contributed by atoms with E-state index in [1.54, 1.807) is 0 Å². The van der Waals surface area contributed by atoms with Gasteiger partial charge in [0, 0.05) is 5.04 Å². The average molecular weight is 428 g/mol. The van der Waals surface area contributed by atoms with Crippen LogP contribution in [0.1, 0.15) is 69.2 Å². The van der Waals surface area contributed by atoms with Crippen molar-refractivity contribution < 1.29 is 8.91 Å². The minimum Gasteiger partial charge on any atom is -0.454 e. The van der Waals surface area contributed by atoms with Gasteiger partial charge in [-0.15, -0.1) is 0 Å². The van der Waals surface area contributed by atoms with Gasteiger partial charge < -0.3 is 9.85 Å². The summed E-state index contributed by atoms with van der Waals surface area (Å²) in [6.07, 6.45) is 6.32. The van der Waals surface area contributed by atoms with Crippen molar-refractivity contribution in [2.24, 2.45) is 5.73 Å². The summed E-state index contributed by atoms with van der Waals surface area (Å²) in [6.45, 7) is 18.3. The SMILES string of the molecule is CC1=Cc2cc(C(C)(C)C)cc(C34CCCC3(C(N)=O)[Si](C)(C)O[Si]4(C)C)c2C1. The fourth-order valence-electron chi connectivity index (χ4n) is 7.24. The first kappa shape index (κ1) is 21.1. The lowest BCUT2D eigenvalue weighted by Crippen LogP contribution is -2.57. The number of rotatable bonds is 2. The summed E-state index contributed by atoms with van der Waals surface area (Å²) in [5, 5.41) is -0.720. The van der Waals surface area contributed by atoms with Crippen LogP contribution in [0.2, 0.25) is 31.2 Å². The van der Waals surface area contributed by atoms with Crippen LogP contribution in [0.5, 0.6) is 0 Å². The van der Waals surface area contributed by atoms with Gasteiger partial charge in [-0.3, -0.25) is 4.79 Å². The number of hydrogen-bond donors (Lipinski definition) is 1. The van der Waals surface area contributed by atoms with Crippen LogP contribution < -0.4 is 5.73 Å². The van der Waals surface area contributed by atoms with E-state index in [-0.39, 0.29) is 16.4 Å². The van der Waals surface area contributed by atoms with E-state index in [4.69, 9.17) is 9.85 Å². The van der Waals surface area contributed by atoms with Gasteiger partial charge in [0.25, 0.3) is 0 Å². The average Bonchev–Trinajstić information content (AvgIpc) is 3.15. The van der Waals surface area contributed by atoms with Crippen LogP contribution in [0.4, 0.5) is 0 Å². The fourth-order valence-corrected chi connectivity index (χ4v) is 21.1. The Morgan fingerprint density at radius 1 is 1.10 bits per heavy atom. The van der Waals surface area contributed by atoms with Crippen molar-refractivity contribution in [2.45, 2.75) is 95.1 Å². The molecule has 2 aliphatic carbocycles. The highest BCUT2D eigenvalue weighted by atomic mass is 28.4. The summed E-state index contributed by atoms with van der Waals surface area (Å²) in [6, 6.07) is 4.82. The molecular formula is C24H37NO2Si2. The van der Waals surface area contributed by atoms with Gasteiger partial charge in [0.15, 0.2) is 16.6 Å². The van der Waals surface area contributed by atoms with Crippen molar-refractivity contribution in [1.82, 2.24) is 0 Å². The van der Waals surface area contributed by atoms with E-state index in [1.807, 2.05) is 0 Å². The standard InChI is InChI=1S/C24H37NO2Si2/c1-16-12-17-14-18(22(2,3)4)15-20(19(17)13-16)23-10-9-11-24(23,21(25)26)29(7,8)27-28(23,5)6/h12,14-15H,9-11,13H2,1-8H3,(H2,25,26). The molecule has 2 atom stereocenters. The third-order valence-corrected chi connectivity index (χ3v) is 18.6. The Labute approximate surface area is 178 Å². The monoisotopic (exact) mass is 427 g/mol. The van der Waals surface area contributed by atoms with Crippen molar-refractivity contribution in [3.63, 3.8) is 0 Å². The van der Waals surface area contributed by atoms with Gasteiger partial charge in [0.2, 0.25) is 5.91 Å². The van der Waals surface area contributed by atoms with E-state index in [0.29, 0.717) is 0 Å². The van der Waals surface area contributed by atoms with Crippen molar-refractivity contribution in [1.29, 1.82) is 0 Å². The lowest BCUT2D eigenvalue weighted by atomic mass is 9.77. The molecule has 0 bridgehead atoms. The molecule has 5 heteroatoms. The molecule has 2 unspecified atom stereocenters. The van der Waals surface area contributed by atoms with Gasteiger partial charge in [-0.1, -0.05) is 51.0 Å².